The second-order valence-electron chi connectivity index (χ2n) is 4.51. The largest absolute Gasteiger partial charge is 0.411 e. The summed E-state index contributed by atoms with van der Waals surface area (Å²) >= 11 is 0. The van der Waals surface area contributed by atoms with Crippen molar-refractivity contribution in [3.8, 4) is 11.8 Å². The third-order valence-corrected chi connectivity index (χ3v) is 2.70. The van der Waals surface area contributed by atoms with Crippen LogP contribution in [0.2, 0.25) is 0 Å². The molecule has 0 bridgehead atoms. The average Bonchev–Trinajstić information content (AvgIpc) is 3.06. The molecule has 1 fully saturated rings. The number of aryl methyl sites for hydroxylation is 1. The summed E-state index contributed by atoms with van der Waals surface area (Å²) in [4.78, 5) is 0. The minimum absolute atomic E-state index is 0.571. The molecule has 0 saturated heterocycles. The van der Waals surface area contributed by atoms with Crippen LogP contribution < -0.4 is 0 Å². The Labute approximate surface area is 104 Å². The first kappa shape index (κ1) is 13.0. The van der Waals surface area contributed by atoms with Gasteiger partial charge in [0.1, 0.15) is 12.2 Å². The lowest BCUT2D eigenvalue weighted by atomic mass is 10.1. The Balaban J connectivity index is 1.99. The maximum atomic E-state index is 12.0. The van der Waals surface area contributed by atoms with Gasteiger partial charge in [-0.1, -0.05) is 29.5 Å². The van der Waals surface area contributed by atoms with Crippen molar-refractivity contribution in [1.82, 2.24) is 0 Å². The molecule has 0 unspecified atom stereocenters. The molecule has 18 heavy (non-hydrogen) atoms. The van der Waals surface area contributed by atoms with E-state index in [9.17, 15) is 13.2 Å². The van der Waals surface area contributed by atoms with E-state index >= 15 is 0 Å². The van der Waals surface area contributed by atoms with Gasteiger partial charge < -0.3 is 4.74 Å². The van der Waals surface area contributed by atoms with Gasteiger partial charge in [-0.05, 0) is 31.9 Å². The highest BCUT2D eigenvalue weighted by Crippen LogP contribution is 2.40. The molecule has 4 heteroatoms. The molecule has 1 aliphatic carbocycles. The van der Waals surface area contributed by atoms with Gasteiger partial charge in [0.25, 0.3) is 0 Å². The topological polar surface area (TPSA) is 9.23 Å². The predicted molar refractivity (Wildman–Crippen MR) is 62.0 cm³/mol. The molecule has 1 aromatic carbocycles. The van der Waals surface area contributed by atoms with Crippen LogP contribution in [0.25, 0.3) is 0 Å². The molecule has 1 saturated carbocycles. The second-order valence-corrected chi connectivity index (χ2v) is 4.51. The van der Waals surface area contributed by atoms with E-state index < -0.39 is 18.4 Å². The first-order chi connectivity index (χ1) is 8.39. The van der Waals surface area contributed by atoms with Crippen molar-refractivity contribution in [1.29, 1.82) is 0 Å². The van der Waals surface area contributed by atoms with Crippen LogP contribution in [0.1, 0.15) is 24.0 Å². The SMILES string of the molecule is Cc1ccc(C#CC2(OCC(F)(F)F)CC2)cc1. The van der Waals surface area contributed by atoms with Crippen molar-refractivity contribution in [2.24, 2.45) is 0 Å². The fraction of sp³-hybridized carbons (Fsp3) is 0.429. The zero-order valence-corrected chi connectivity index (χ0v) is 9.97. The van der Waals surface area contributed by atoms with E-state index in [0.717, 1.165) is 11.1 Å². The number of hydrogen-bond donors (Lipinski definition) is 0. The van der Waals surface area contributed by atoms with Crippen molar-refractivity contribution >= 4 is 0 Å². The lowest BCUT2D eigenvalue weighted by molar-refractivity contribution is -0.183. The Morgan fingerprint density at radius 1 is 1.22 bits per heavy atom. The van der Waals surface area contributed by atoms with E-state index in [2.05, 4.69) is 11.8 Å². The molecule has 0 heterocycles. The highest BCUT2D eigenvalue weighted by molar-refractivity contribution is 5.39. The highest BCUT2D eigenvalue weighted by Gasteiger charge is 2.45. The fourth-order valence-corrected chi connectivity index (χ4v) is 1.46. The Hall–Kier alpha value is -1.47. The van der Waals surface area contributed by atoms with Gasteiger partial charge >= 0.3 is 6.18 Å². The maximum absolute atomic E-state index is 12.0. The molecular weight excluding hydrogens is 241 g/mol. The molecule has 1 aliphatic rings. The van der Waals surface area contributed by atoms with Gasteiger partial charge in [0.2, 0.25) is 0 Å². The molecule has 0 atom stereocenters. The Morgan fingerprint density at radius 2 is 1.83 bits per heavy atom. The van der Waals surface area contributed by atoms with E-state index in [-0.39, 0.29) is 0 Å². The summed E-state index contributed by atoms with van der Waals surface area (Å²) in [7, 11) is 0. The summed E-state index contributed by atoms with van der Waals surface area (Å²) in [6.45, 7) is 0.738. The molecule has 0 spiro atoms. The summed E-state index contributed by atoms with van der Waals surface area (Å²) in [5.74, 6) is 5.67. The molecule has 1 nitrogen and oxygen atoms in total. The first-order valence-corrected chi connectivity index (χ1v) is 5.69. The van der Waals surface area contributed by atoms with Gasteiger partial charge in [0.05, 0.1) is 0 Å². The van der Waals surface area contributed by atoms with Gasteiger partial charge in [0.15, 0.2) is 0 Å². The number of ether oxygens (including phenoxy) is 1. The van der Waals surface area contributed by atoms with E-state index in [1.165, 1.54) is 0 Å². The predicted octanol–water partition coefficient (Wildman–Crippen LogP) is 3.46. The van der Waals surface area contributed by atoms with E-state index in [1.807, 2.05) is 31.2 Å². The normalized spacial score (nSPS) is 16.9. The van der Waals surface area contributed by atoms with Crippen LogP contribution in [0.5, 0.6) is 0 Å². The molecule has 1 aromatic rings. The van der Waals surface area contributed by atoms with E-state index in [1.54, 1.807) is 0 Å². The molecular formula is C14H13F3O. The molecule has 2 rings (SSSR count). The van der Waals surface area contributed by atoms with Crippen LogP contribution >= 0.6 is 0 Å². The number of benzene rings is 1. The Kier molecular flexibility index (Phi) is 3.36. The van der Waals surface area contributed by atoms with Crippen molar-refractivity contribution in [3.05, 3.63) is 35.4 Å². The summed E-state index contributed by atoms with van der Waals surface area (Å²) < 4.78 is 41.0. The maximum Gasteiger partial charge on any atom is 0.411 e. The minimum atomic E-state index is -4.29. The van der Waals surface area contributed by atoms with Crippen LogP contribution in [0, 0.1) is 18.8 Å². The number of hydrogen-bond acceptors (Lipinski definition) is 1. The zero-order valence-electron chi connectivity index (χ0n) is 9.97. The lowest BCUT2D eigenvalue weighted by Gasteiger charge is -2.11. The van der Waals surface area contributed by atoms with Gasteiger partial charge in [-0.15, -0.1) is 0 Å². The van der Waals surface area contributed by atoms with E-state index in [0.29, 0.717) is 12.8 Å². The number of halogens is 3. The van der Waals surface area contributed by atoms with Crippen LogP contribution in [0.3, 0.4) is 0 Å². The fourth-order valence-electron chi connectivity index (χ4n) is 1.46. The monoisotopic (exact) mass is 254 g/mol. The standard InChI is InChI=1S/C14H13F3O/c1-11-2-4-12(5-3-11)6-7-13(8-9-13)18-10-14(15,16)17/h2-5H,8-10H2,1H3. The lowest BCUT2D eigenvalue weighted by Crippen LogP contribution is -2.23. The van der Waals surface area contributed by atoms with Crippen molar-refractivity contribution < 1.29 is 17.9 Å². The zero-order chi connectivity index (χ0) is 13.2. The van der Waals surface area contributed by atoms with Crippen LogP contribution in [-0.2, 0) is 4.74 Å². The Morgan fingerprint density at radius 3 is 2.33 bits per heavy atom. The summed E-state index contributed by atoms with van der Waals surface area (Å²) in [5, 5.41) is 0. The first-order valence-electron chi connectivity index (χ1n) is 5.69. The van der Waals surface area contributed by atoms with Crippen LogP contribution in [0.15, 0.2) is 24.3 Å². The van der Waals surface area contributed by atoms with Crippen molar-refractivity contribution in [3.63, 3.8) is 0 Å². The van der Waals surface area contributed by atoms with Crippen LogP contribution in [0.4, 0.5) is 13.2 Å². The molecule has 0 amide bonds. The van der Waals surface area contributed by atoms with E-state index in [4.69, 9.17) is 4.74 Å². The quantitative estimate of drug-likeness (QED) is 0.734. The van der Waals surface area contributed by atoms with Gasteiger partial charge in [-0.2, -0.15) is 13.2 Å². The summed E-state index contributed by atoms with van der Waals surface area (Å²) in [5.41, 5.74) is 1.04. The highest BCUT2D eigenvalue weighted by atomic mass is 19.4. The van der Waals surface area contributed by atoms with Crippen molar-refractivity contribution in [2.45, 2.75) is 31.5 Å². The summed E-state index contributed by atoms with van der Waals surface area (Å²) in [6.07, 6.45) is -3.15. The molecule has 0 radical (unpaired) electrons. The molecule has 96 valence electrons. The van der Waals surface area contributed by atoms with Gasteiger partial charge in [0, 0.05) is 5.56 Å². The molecule has 0 N–H and O–H groups in total. The third-order valence-electron chi connectivity index (χ3n) is 2.70. The molecule has 0 aromatic heterocycles. The minimum Gasteiger partial charge on any atom is -0.353 e. The number of alkyl halides is 3. The average molecular weight is 254 g/mol. The Bertz CT molecular complexity index is 472. The third kappa shape index (κ3) is 3.78. The number of rotatable bonds is 2. The smallest absolute Gasteiger partial charge is 0.353 e. The second kappa shape index (κ2) is 4.66. The van der Waals surface area contributed by atoms with Gasteiger partial charge in [-0.25, -0.2) is 0 Å². The van der Waals surface area contributed by atoms with Crippen LogP contribution in [-0.4, -0.2) is 18.4 Å². The molecule has 0 aliphatic heterocycles. The van der Waals surface area contributed by atoms with Crippen molar-refractivity contribution in [2.75, 3.05) is 6.61 Å². The van der Waals surface area contributed by atoms with Gasteiger partial charge in [-0.3, -0.25) is 0 Å². The summed E-state index contributed by atoms with van der Waals surface area (Å²) in [6, 6.07) is 7.53.